The lowest BCUT2D eigenvalue weighted by molar-refractivity contribution is 0.282. The fourth-order valence-corrected chi connectivity index (χ4v) is 3.12. The highest BCUT2D eigenvalue weighted by Crippen LogP contribution is 2.37. The van der Waals surface area contributed by atoms with Gasteiger partial charge < -0.3 is 9.47 Å². The van der Waals surface area contributed by atoms with Gasteiger partial charge in [-0.15, -0.1) is 0 Å². The molecule has 0 spiro atoms. The van der Waals surface area contributed by atoms with Crippen molar-refractivity contribution in [2.45, 2.75) is 13.5 Å². The molecule has 0 saturated heterocycles. The van der Waals surface area contributed by atoms with E-state index < -0.39 is 0 Å². The third-order valence-corrected chi connectivity index (χ3v) is 4.61. The zero-order valence-corrected chi connectivity index (χ0v) is 16.7. The monoisotopic (exact) mass is 427 g/mol. The van der Waals surface area contributed by atoms with E-state index >= 15 is 0 Å². The van der Waals surface area contributed by atoms with Gasteiger partial charge in [0.05, 0.1) is 17.3 Å². The molecule has 5 heteroatoms. The molecule has 0 saturated carbocycles. The van der Waals surface area contributed by atoms with E-state index in [1.54, 1.807) is 25.5 Å². The van der Waals surface area contributed by atoms with Crippen molar-refractivity contribution >= 4 is 27.8 Å². The SMILES string of the molecule is COc1cc(C=Nc2ccccc2C)cc(Br)c1OCc1ccc(F)cc1. The van der Waals surface area contributed by atoms with Crippen LogP contribution in [0.5, 0.6) is 11.5 Å². The van der Waals surface area contributed by atoms with Gasteiger partial charge >= 0.3 is 0 Å². The molecule has 0 fully saturated rings. The number of hydrogen-bond donors (Lipinski definition) is 0. The van der Waals surface area contributed by atoms with Crippen LogP contribution in [0, 0.1) is 12.7 Å². The third-order valence-electron chi connectivity index (χ3n) is 4.02. The molecule has 0 unspecified atom stereocenters. The second kappa shape index (κ2) is 8.82. The maximum Gasteiger partial charge on any atom is 0.175 e. The highest BCUT2D eigenvalue weighted by atomic mass is 79.9. The van der Waals surface area contributed by atoms with Gasteiger partial charge in [0.2, 0.25) is 0 Å². The molecular weight excluding hydrogens is 409 g/mol. The zero-order valence-electron chi connectivity index (χ0n) is 15.1. The molecule has 0 aliphatic rings. The van der Waals surface area contributed by atoms with Crippen LogP contribution in [0.25, 0.3) is 0 Å². The quantitative estimate of drug-likeness (QED) is 0.436. The Balaban J connectivity index is 1.80. The first-order chi connectivity index (χ1) is 13.1. The Hall–Kier alpha value is -2.66. The summed E-state index contributed by atoms with van der Waals surface area (Å²) >= 11 is 3.54. The molecule has 3 aromatic carbocycles. The Morgan fingerprint density at radius 3 is 2.52 bits per heavy atom. The van der Waals surface area contributed by atoms with Crippen LogP contribution in [0.4, 0.5) is 10.1 Å². The van der Waals surface area contributed by atoms with E-state index in [2.05, 4.69) is 20.9 Å². The van der Waals surface area contributed by atoms with Gasteiger partial charge in [-0.25, -0.2) is 4.39 Å². The minimum absolute atomic E-state index is 0.269. The largest absolute Gasteiger partial charge is 0.493 e. The maximum absolute atomic E-state index is 13.0. The van der Waals surface area contributed by atoms with Gasteiger partial charge in [-0.05, 0) is 69.9 Å². The first-order valence-electron chi connectivity index (χ1n) is 8.41. The normalized spacial score (nSPS) is 11.0. The average Bonchev–Trinajstić information content (AvgIpc) is 2.67. The Bertz CT molecular complexity index is 955. The van der Waals surface area contributed by atoms with Crippen LogP contribution in [-0.4, -0.2) is 13.3 Å². The second-order valence-electron chi connectivity index (χ2n) is 5.99. The minimum atomic E-state index is -0.269. The number of para-hydroxylation sites is 1. The van der Waals surface area contributed by atoms with Gasteiger partial charge in [0.1, 0.15) is 12.4 Å². The van der Waals surface area contributed by atoms with E-state index in [0.717, 1.165) is 26.9 Å². The number of benzene rings is 3. The van der Waals surface area contributed by atoms with Crippen molar-refractivity contribution in [3.8, 4) is 11.5 Å². The number of aliphatic imine (C=N–C) groups is 1. The van der Waals surface area contributed by atoms with Crippen LogP contribution in [0.15, 0.2) is 70.1 Å². The number of halogens is 2. The van der Waals surface area contributed by atoms with E-state index in [9.17, 15) is 4.39 Å². The van der Waals surface area contributed by atoms with Crippen LogP contribution in [0.3, 0.4) is 0 Å². The molecule has 0 heterocycles. The summed E-state index contributed by atoms with van der Waals surface area (Å²) in [5, 5.41) is 0. The first kappa shape index (κ1) is 19.1. The van der Waals surface area contributed by atoms with E-state index in [0.29, 0.717) is 18.1 Å². The molecule has 0 N–H and O–H groups in total. The highest BCUT2D eigenvalue weighted by Gasteiger charge is 2.11. The van der Waals surface area contributed by atoms with Crippen molar-refractivity contribution in [1.29, 1.82) is 0 Å². The summed E-state index contributed by atoms with van der Waals surface area (Å²) in [4.78, 5) is 4.55. The van der Waals surface area contributed by atoms with Crippen molar-refractivity contribution < 1.29 is 13.9 Å². The van der Waals surface area contributed by atoms with Crippen LogP contribution >= 0.6 is 15.9 Å². The molecule has 0 aromatic heterocycles. The molecule has 0 bridgehead atoms. The van der Waals surface area contributed by atoms with Gasteiger partial charge in [0.15, 0.2) is 11.5 Å². The van der Waals surface area contributed by atoms with Gasteiger partial charge in [0, 0.05) is 6.21 Å². The van der Waals surface area contributed by atoms with E-state index in [1.807, 2.05) is 43.3 Å². The van der Waals surface area contributed by atoms with Gasteiger partial charge in [0.25, 0.3) is 0 Å². The Labute approximate surface area is 166 Å². The molecule has 138 valence electrons. The molecule has 0 aliphatic heterocycles. The number of nitrogens with zero attached hydrogens (tertiary/aromatic N) is 1. The molecule has 0 atom stereocenters. The van der Waals surface area contributed by atoms with Crippen molar-refractivity contribution in [3.05, 3.63) is 87.6 Å². The van der Waals surface area contributed by atoms with Crippen molar-refractivity contribution in [3.63, 3.8) is 0 Å². The molecule has 0 radical (unpaired) electrons. The summed E-state index contributed by atoms with van der Waals surface area (Å²) in [5.74, 6) is 0.919. The Morgan fingerprint density at radius 2 is 1.81 bits per heavy atom. The number of methoxy groups -OCH3 is 1. The number of aryl methyl sites for hydroxylation is 1. The fraction of sp³-hybridized carbons (Fsp3) is 0.136. The van der Waals surface area contributed by atoms with E-state index in [-0.39, 0.29) is 5.82 Å². The second-order valence-corrected chi connectivity index (χ2v) is 6.85. The van der Waals surface area contributed by atoms with Crippen LogP contribution in [-0.2, 0) is 6.61 Å². The summed E-state index contributed by atoms with van der Waals surface area (Å²) in [6, 6.07) is 17.9. The summed E-state index contributed by atoms with van der Waals surface area (Å²) in [7, 11) is 1.59. The molecule has 0 aliphatic carbocycles. The third kappa shape index (κ3) is 4.95. The Kier molecular flexibility index (Phi) is 6.24. The Morgan fingerprint density at radius 1 is 1.07 bits per heavy atom. The predicted octanol–water partition coefficient (Wildman–Crippen LogP) is 6.23. The summed E-state index contributed by atoms with van der Waals surface area (Å²) < 4.78 is 25.1. The standard InChI is InChI=1S/C22H19BrFNO2/c1-15-5-3-4-6-20(15)25-13-17-11-19(23)22(21(12-17)26-2)27-14-16-7-9-18(24)10-8-16/h3-13H,14H2,1-2H3. The molecule has 3 rings (SSSR count). The van der Waals surface area contributed by atoms with Crippen molar-refractivity contribution in [2.24, 2.45) is 4.99 Å². The van der Waals surface area contributed by atoms with Gasteiger partial charge in [-0.2, -0.15) is 0 Å². The average molecular weight is 428 g/mol. The molecular formula is C22H19BrFNO2. The van der Waals surface area contributed by atoms with E-state index in [1.165, 1.54) is 12.1 Å². The zero-order chi connectivity index (χ0) is 19.2. The summed E-state index contributed by atoms with van der Waals surface area (Å²) in [5.41, 5.74) is 3.79. The van der Waals surface area contributed by atoms with E-state index in [4.69, 9.17) is 9.47 Å². The molecule has 0 amide bonds. The maximum atomic E-state index is 13.0. The van der Waals surface area contributed by atoms with Gasteiger partial charge in [-0.1, -0.05) is 30.3 Å². The number of ether oxygens (including phenoxy) is 2. The van der Waals surface area contributed by atoms with Crippen molar-refractivity contribution in [2.75, 3.05) is 7.11 Å². The summed E-state index contributed by atoms with van der Waals surface area (Å²) in [6.07, 6.45) is 1.79. The molecule has 3 aromatic rings. The van der Waals surface area contributed by atoms with Gasteiger partial charge in [-0.3, -0.25) is 4.99 Å². The predicted molar refractivity (Wildman–Crippen MR) is 110 cm³/mol. The van der Waals surface area contributed by atoms with Crippen LogP contribution in [0.2, 0.25) is 0 Å². The first-order valence-corrected chi connectivity index (χ1v) is 9.20. The molecule has 3 nitrogen and oxygen atoms in total. The highest BCUT2D eigenvalue weighted by molar-refractivity contribution is 9.10. The minimum Gasteiger partial charge on any atom is -0.493 e. The number of hydrogen-bond acceptors (Lipinski definition) is 3. The smallest absolute Gasteiger partial charge is 0.175 e. The van der Waals surface area contributed by atoms with Crippen LogP contribution in [0.1, 0.15) is 16.7 Å². The van der Waals surface area contributed by atoms with Crippen LogP contribution < -0.4 is 9.47 Å². The lowest BCUT2D eigenvalue weighted by Crippen LogP contribution is -1.99. The lowest BCUT2D eigenvalue weighted by atomic mass is 10.2. The van der Waals surface area contributed by atoms with Crippen molar-refractivity contribution in [1.82, 2.24) is 0 Å². The topological polar surface area (TPSA) is 30.8 Å². The lowest BCUT2D eigenvalue weighted by Gasteiger charge is -2.13. The molecule has 27 heavy (non-hydrogen) atoms. The number of rotatable bonds is 6. The summed E-state index contributed by atoms with van der Waals surface area (Å²) in [6.45, 7) is 2.33. The fourth-order valence-electron chi connectivity index (χ4n) is 2.54.